The van der Waals surface area contributed by atoms with Gasteiger partial charge in [-0.2, -0.15) is 0 Å². The zero-order chi connectivity index (χ0) is 11.8. The third kappa shape index (κ3) is 1.78. The predicted molar refractivity (Wildman–Crippen MR) is 69.3 cm³/mol. The van der Waals surface area contributed by atoms with Gasteiger partial charge in [0.15, 0.2) is 0 Å². The van der Waals surface area contributed by atoms with Gasteiger partial charge in [0.1, 0.15) is 5.65 Å². The van der Waals surface area contributed by atoms with Gasteiger partial charge in [-0.25, -0.2) is 4.98 Å². The molecule has 1 aliphatic heterocycles. The van der Waals surface area contributed by atoms with Crippen LogP contribution < -0.4 is 10.6 Å². The van der Waals surface area contributed by atoms with Crippen LogP contribution in [0.3, 0.4) is 0 Å². The van der Waals surface area contributed by atoms with Crippen molar-refractivity contribution in [1.82, 2.24) is 9.38 Å². The van der Waals surface area contributed by atoms with Gasteiger partial charge in [-0.15, -0.1) is 0 Å². The quantitative estimate of drug-likeness (QED) is 0.854. The van der Waals surface area contributed by atoms with Gasteiger partial charge in [-0.05, 0) is 31.4 Å². The predicted octanol–water partition coefficient (Wildman–Crippen LogP) is 1.70. The molecule has 0 atom stereocenters. The van der Waals surface area contributed by atoms with E-state index in [4.69, 9.17) is 5.73 Å². The minimum Gasteiger partial charge on any atom is -0.370 e. The molecule has 4 nitrogen and oxygen atoms in total. The Balaban J connectivity index is 2.09. The van der Waals surface area contributed by atoms with E-state index in [2.05, 4.69) is 33.5 Å². The molecule has 90 valence electrons. The third-order valence-electron chi connectivity index (χ3n) is 3.45. The summed E-state index contributed by atoms with van der Waals surface area (Å²) in [5.41, 5.74) is 10.1. The Labute approximate surface area is 101 Å². The van der Waals surface area contributed by atoms with Crippen molar-refractivity contribution in [3.8, 4) is 0 Å². The van der Waals surface area contributed by atoms with Crippen molar-refractivity contribution >= 4 is 11.3 Å². The van der Waals surface area contributed by atoms with Crippen molar-refractivity contribution in [1.29, 1.82) is 0 Å². The fraction of sp³-hybridized carbons (Fsp3) is 0.462. The Morgan fingerprint density at radius 2 is 2.06 bits per heavy atom. The molecular weight excluding hydrogens is 212 g/mol. The van der Waals surface area contributed by atoms with Crippen LogP contribution in [0.15, 0.2) is 18.5 Å². The second kappa shape index (κ2) is 4.04. The molecule has 3 rings (SSSR count). The van der Waals surface area contributed by atoms with Crippen molar-refractivity contribution in [2.45, 2.75) is 26.3 Å². The Hall–Kier alpha value is -1.55. The molecule has 0 amide bonds. The average molecular weight is 230 g/mol. The maximum atomic E-state index is 5.64. The number of nitrogens with two attached hydrogens (primary N) is 1. The van der Waals surface area contributed by atoms with E-state index >= 15 is 0 Å². The van der Waals surface area contributed by atoms with Crippen molar-refractivity contribution in [3.63, 3.8) is 0 Å². The van der Waals surface area contributed by atoms with Gasteiger partial charge in [0, 0.05) is 32.0 Å². The number of pyridine rings is 1. The van der Waals surface area contributed by atoms with Crippen molar-refractivity contribution < 1.29 is 0 Å². The van der Waals surface area contributed by atoms with Gasteiger partial charge in [0.2, 0.25) is 0 Å². The number of rotatable bonds is 2. The summed E-state index contributed by atoms with van der Waals surface area (Å²) >= 11 is 0. The SMILES string of the molecule is Cc1cc(N2CCCC2)cn2cc(CN)nc12. The zero-order valence-corrected chi connectivity index (χ0v) is 10.2. The molecule has 2 aromatic heterocycles. The number of fused-ring (bicyclic) bond motifs is 1. The van der Waals surface area contributed by atoms with E-state index in [0.717, 1.165) is 11.3 Å². The van der Waals surface area contributed by atoms with E-state index in [1.807, 2.05) is 6.20 Å². The molecule has 0 aliphatic carbocycles. The van der Waals surface area contributed by atoms with Crippen LogP contribution in [0.5, 0.6) is 0 Å². The first-order chi connectivity index (χ1) is 8.28. The molecule has 17 heavy (non-hydrogen) atoms. The third-order valence-corrected chi connectivity index (χ3v) is 3.45. The molecule has 4 heteroatoms. The summed E-state index contributed by atoms with van der Waals surface area (Å²) in [6.07, 6.45) is 6.80. The summed E-state index contributed by atoms with van der Waals surface area (Å²) < 4.78 is 2.10. The first-order valence-corrected chi connectivity index (χ1v) is 6.21. The molecule has 0 aromatic carbocycles. The van der Waals surface area contributed by atoms with E-state index in [9.17, 15) is 0 Å². The second-order valence-electron chi connectivity index (χ2n) is 4.74. The molecule has 1 saturated heterocycles. The maximum Gasteiger partial charge on any atom is 0.140 e. The number of hydrogen-bond acceptors (Lipinski definition) is 3. The molecule has 0 bridgehead atoms. The fourth-order valence-corrected chi connectivity index (χ4v) is 2.55. The molecule has 0 spiro atoms. The van der Waals surface area contributed by atoms with Crippen LogP contribution in [0.25, 0.3) is 5.65 Å². The summed E-state index contributed by atoms with van der Waals surface area (Å²) in [6.45, 7) is 4.95. The monoisotopic (exact) mass is 230 g/mol. The Morgan fingerprint density at radius 3 is 2.76 bits per heavy atom. The lowest BCUT2D eigenvalue weighted by Gasteiger charge is -2.18. The number of anilines is 1. The molecule has 0 unspecified atom stereocenters. The van der Waals surface area contributed by atoms with Gasteiger partial charge in [-0.1, -0.05) is 0 Å². The van der Waals surface area contributed by atoms with E-state index < -0.39 is 0 Å². The highest BCUT2D eigenvalue weighted by Crippen LogP contribution is 2.23. The molecular formula is C13H18N4. The first-order valence-electron chi connectivity index (χ1n) is 6.21. The van der Waals surface area contributed by atoms with E-state index in [0.29, 0.717) is 6.54 Å². The van der Waals surface area contributed by atoms with Gasteiger partial charge in [-0.3, -0.25) is 0 Å². The highest BCUT2D eigenvalue weighted by Gasteiger charge is 2.14. The number of imidazole rings is 1. The van der Waals surface area contributed by atoms with Crippen LogP contribution in [0.2, 0.25) is 0 Å². The molecule has 2 aromatic rings. The number of hydrogen-bond donors (Lipinski definition) is 1. The van der Waals surface area contributed by atoms with Crippen LogP contribution in [0.4, 0.5) is 5.69 Å². The lowest BCUT2D eigenvalue weighted by atomic mass is 10.2. The standard InChI is InChI=1S/C13H18N4/c1-10-6-12(16-4-2-3-5-16)9-17-8-11(7-14)15-13(10)17/h6,8-9H,2-5,7,14H2,1H3. The van der Waals surface area contributed by atoms with Crippen molar-refractivity contribution in [3.05, 3.63) is 29.7 Å². The molecule has 2 N–H and O–H groups in total. The minimum atomic E-state index is 0.500. The van der Waals surface area contributed by atoms with E-state index in [1.54, 1.807) is 0 Å². The lowest BCUT2D eigenvalue weighted by molar-refractivity contribution is 0.949. The van der Waals surface area contributed by atoms with Crippen LogP contribution in [-0.2, 0) is 6.54 Å². The maximum absolute atomic E-state index is 5.64. The Kier molecular flexibility index (Phi) is 2.52. The number of aromatic nitrogens is 2. The number of aryl methyl sites for hydroxylation is 1. The summed E-state index contributed by atoms with van der Waals surface area (Å²) in [5.74, 6) is 0. The summed E-state index contributed by atoms with van der Waals surface area (Å²) in [5, 5.41) is 0. The van der Waals surface area contributed by atoms with Gasteiger partial charge in [0.25, 0.3) is 0 Å². The topological polar surface area (TPSA) is 46.6 Å². The van der Waals surface area contributed by atoms with E-state index in [1.165, 1.54) is 37.2 Å². The largest absolute Gasteiger partial charge is 0.370 e. The van der Waals surface area contributed by atoms with E-state index in [-0.39, 0.29) is 0 Å². The van der Waals surface area contributed by atoms with Gasteiger partial charge >= 0.3 is 0 Å². The highest BCUT2D eigenvalue weighted by atomic mass is 15.2. The molecule has 3 heterocycles. The van der Waals surface area contributed by atoms with Crippen molar-refractivity contribution in [2.75, 3.05) is 18.0 Å². The van der Waals surface area contributed by atoms with Gasteiger partial charge in [0.05, 0.1) is 11.4 Å². The minimum absolute atomic E-state index is 0.500. The highest BCUT2D eigenvalue weighted by molar-refractivity contribution is 5.58. The normalized spacial score (nSPS) is 16.0. The summed E-state index contributed by atoms with van der Waals surface area (Å²) in [6, 6.07) is 2.23. The van der Waals surface area contributed by atoms with Crippen LogP contribution >= 0.6 is 0 Å². The van der Waals surface area contributed by atoms with Crippen LogP contribution in [0.1, 0.15) is 24.1 Å². The smallest absolute Gasteiger partial charge is 0.140 e. The average Bonchev–Trinajstić information content (AvgIpc) is 2.97. The molecule has 0 radical (unpaired) electrons. The van der Waals surface area contributed by atoms with Gasteiger partial charge < -0.3 is 15.0 Å². The van der Waals surface area contributed by atoms with Crippen LogP contribution in [-0.4, -0.2) is 22.5 Å². The second-order valence-corrected chi connectivity index (χ2v) is 4.74. The molecule has 1 aliphatic rings. The summed E-state index contributed by atoms with van der Waals surface area (Å²) in [7, 11) is 0. The number of nitrogens with zero attached hydrogens (tertiary/aromatic N) is 3. The molecule has 0 saturated carbocycles. The van der Waals surface area contributed by atoms with Crippen molar-refractivity contribution in [2.24, 2.45) is 5.73 Å². The fourth-order valence-electron chi connectivity index (χ4n) is 2.55. The Morgan fingerprint density at radius 1 is 1.29 bits per heavy atom. The lowest BCUT2D eigenvalue weighted by Crippen LogP contribution is -2.18. The molecule has 1 fully saturated rings. The summed E-state index contributed by atoms with van der Waals surface area (Å²) in [4.78, 5) is 6.96. The Bertz CT molecular complexity index is 538. The zero-order valence-electron chi connectivity index (χ0n) is 10.2. The first kappa shape index (κ1) is 10.6. The van der Waals surface area contributed by atoms with Crippen LogP contribution in [0, 0.1) is 6.92 Å².